The van der Waals surface area contributed by atoms with Crippen LogP contribution in [0.1, 0.15) is 5.56 Å². The molecule has 5 rings (SSSR count). The van der Waals surface area contributed by atoms with Gasteiger partial charge in [-0.25, -0.2) is 9.37 Å². The number of hydrogen-bond donors (Lipinski definition) is 1. The molecule has 0 radical (unpaired) electrons. The number of fused-ring (bicyclic) bond motifs is 3. The van der Waals surface area contributed by atoms with Crippen molar-refractivity contribution in [2.75, 3.05) is 0 Å². The molecule has 3 aromatic carbocycles. The number of H-pyrrole nitrogens is 1. The molecule has 7 heteroatoms. The fourth-order valence-electron chi connectivity index (χ4n) is 3.41. The number of aromatic nitrogens is 3. The fraction of sp³-hybridized carbons (Fsp3) is 0.0435. The van der Waals surface area contributed by atoms with E-state index in [1.165, 1.54) is 17.8 Å². The first kappa shape index (κ1) is 18.9. The largest absolute Gasteiger partial charge is 0.349 e. The number of rotatable bonds is 4. The van der Waals surface area contributed by atoms with Gasteiger partial charge in [0.1, 0.15) is 16.9 Å². The number of para-hydroxylation sites is 1. The van der Waals surface area contributed by atoms with Gasteiger partial charge in [-0.2, -0.15) is 0 Å². The van der Waals surface area contributed by atoms with Crippen LogP contribution in [0.15, 0.2) is 82.7 Å². The van der Waals surface area contributed by atoms with Crippen LogP contribution >= 0.6 is 23.4 Å². The Hall–Kier alpha value is -3.09. The lowest BCUT2D eigenvalue weighted by molar-refractivity contribution is 0.617. The van der Waals surface area contributed by atoms with E-state index in [1.54, 1.807) is 47.0 Å². The zero-order chi connectivity index (χ0) is 20.7. The lowest BCUT2D eigenvalue weighted by Gasteiger charge is -2.12. The maximum Gasteiger partial charge on any atom is 0.283 e. The van der Waals surface area contributed by atoms with Gasteiger partial charge < -0.3 is 4.98 Å². The van der Waals surface area contributed by atoms with Crippen LogP contribution in [0.3, 0.4) is 0 Å². The highest BCUT2D eigenvalue weighted by molar-refractivity contribution is 7.98. The van der Waals surface area contributed by atoms with Gasteiger partial charge in [-0.3, -0.25) is 9.36 Å². The third-order valence-electron chi connectivity index (χ3n) is 4.89. The summed E-state index contributed by atoms with van der Waals surface area (Å²) in [5.74, 6) is 0.0687. The number of nitrogens with zero attached hydrogens (tertiary/aromatic N) is 2. The molecular weight excluding hydrogens is 421 g/mol. The molecule has 4 nitrogen and oxygen atoms in total. The molecule has 0 aliphatic rings. The monoisotopic (exact) mass is 435 g/mol. The molecule has 0 bridgehead atoms. The number of nitrogens with one attached hydrogen (secondary N) is 1. The van der Waals surface area contributed by atoms with Crippen LogP contribution in [0.5, 0.6) is 0 Å². The van der Waals surface area contributed by atoms with Crippen molar-refractivity contribution in [3.05, 3.63) is 99.6 Å². The highest BCUT2D eigenvalue weighted by Gasteiger charge is 2.17. The zero-order valence-corrected chi connectivity index (χ0v) is 17.2. The quantitative estimate of drug-likeness (QED) is 0.280. The van der Waals surface area contributed by atoms with Gasteiger partial charge in [0.25, 0.3) is 5.56 Å². The second-order valence-electron chi connectivity index (χ2n) is 6.79. The molecule has 0 spiro atoms. The number of thioether (sulfide) groups is 1. The number of benzene rings is 3. The van der Waals surface area contributed by atoms with Gasteiger partial charge in [-0.15, -0.1) is 0 Å². The molecule has 0 unspecified atom stereocenters. The van der Waals surface area contributed by atoms with Crippen LogP contribution < -0.4 is 5.56 Å². The Morgan fingerprint density at radius 2 is 1.73 bits per heavy atom. The summed E-state index contributed by atoms with van der Waals surface area (Å²) in [6, 6.07) is 21.3. The molecule has 0 aliphatic carbocycles. The normalized spacial score (nSPS) is 11.4. The molecule has 5 aromatic rings. The standard InChI is InChI=1S/C23H15ClFN3OS/c24-15-9-11-16(12-10-15)28-22(29)21-20(17-6-2-4-8-19(17)26-21)27-23(28)30-13-14-5-1-3-7-18(14)25/h1-12,26H,13H2. The Bertz CT molecular complexity index is 1440. The van der Waals surface area contributed by atoms with E-state index >= 15 is 0 Å². The van der Waals surface area contributed by atoms with E-state index in [0.717, 1.165) is 10.9 Å². The summed E-state index contributed by atoms with van der Waals surface area (Å²) in [6.45, 7) is 0. The lowest BCUT2D eigenvalue weighted by atomic mass is 10.2. The molecule has 2 aromatic heterocycles. The van der Waals surface area contributed by atoms with Crippen LogP contribution in [0.25, 0.3) is 27.6 Å². The number of aromatic amines is 1. The van der Waals surface area contributed by atoms with Gasteiger partial charge in [-0.05, 0) is 42.0 Å². The minimum absolute atomic E-state index is 0.213. The molecule has 30 heavy (non-hydrogen) atoms. The summed E-state index contributed by atoms with van der Waals surface area (Å²) in [5.41, 5.74) is 2.87. The molecule has 0 saturated carbocycles. The van der Waals surface area contributed by atoms with E-state index in [2.05, 4.69) is 4.98 Å². The number of halogens is 2. The van der Waals surface area contributed by atoms with E-state index in [-0.39, 0.29) is 11.4 Å². The first-order chi connectivity index (χ1) is 14.6. The second kappa shape index (κ2) is 7.63. The minimum atomic E-state index is -0.279. The van der Waals surface area contributed by atoms with E-state index in [4.69, 9.17) is 16.6 Å². The van der Waals surface area contributed by atoms with E-state index < -0.39 is 0 Å². The van der Waals surface area contributed by atoms with Crippen LogP contribution in [-0.2, 0) is 5.75 Å². The average Bonchev–Trinajstić information content (AvgIpc) is 3.13. The summed E-state index contributed by atoms with van der Waals surface area (Å²) in [5, 5.41) is 1.94. The SMILES string of the molecule is O=c1c2[nH]c3ccccc3c2nc(SCc2ccccc2F)n1-c1ccc(Cl)cc1. The molecule has 0 fully saturated rings. The predicted octanol–water partition coefficient (Wildman–Crippen LogP) is 5.95. The summed E-state index contributed by atoms with van der Waals surface area (Å²) in [6.07, 6.45) is 0. The molecule has 0 amide bonds. The van der Waals surface area contributed by atoms with Gasteiger partial charge in [0.05, 0.1) is 5.69 Å². The molecule has 0 atom stereocenters. The Labute approximate surface area is 180 Å². The molecular formula is C23H15ClFN3OS. The summed E-state index contributed by atoms with van der Waals surface area (Å²) < 4.78 is 15.7. The Balaban J connectivity index is 1.72. The van der Waals surface area contributed by atoms with Crippen LogP contribution in [0.4, 0.5) is 4.39 Å². The Morgan fingerprint density at radius 1 is 1.00 bits per heavy atom. The van der Waals surface area contributed by atoms with Crippen molar-refractivity contribution in [1.82, 2.24) is 14.5 Å². The zero-order valence-electron chi connectivity index (χ0n) is 15.6. The molecule has 1 N–H and O–H groups in total. The van der Waals surface area contributed by atoms with Crippen molar-refractivity contribution in [2.45, 2.75) is 10.9 Å². The van der Waals surface area contributed by atoms with Gasteiger partial charge in [-0.1, -0.05) is 59.8 Å². The molecule has 148 valence electrons. The van der Waals surface area contributed by atoms with E-state index in [9.17, 15) is 9.18 Å². The highest BCUT2D eigenvalue weighted by atomic mass is 35.5. The molecule has 0 aliphatic heterocycles. The molecule has 0 saturated heterocycles. The van der Waals surface area contributed by atoms with Crippen molar-refractivity contribution >= 4 is 45.3 Å². The van der Waals surface area contributed by atoms with Crippen molar-refractivity contribution in [3.63, 3.8) is 0 Å². The van der Waals surface area contributed by atoms with Crippen molar-refractivity contribution < 1.29 is 4.39 Å². The van der Waals surface area contributed by atoms with Gasteiger partial charge in [0.2, 0.25) is 0 Å². The van der Waals surface area contributed by atoms with Crippen LogP contribution in [0, 0.1) is 5.82 Å². The number of hydrogen-bond acceptors (Lipinski definition) is 3. The van der Waals surface area contributed by atoms with Crippen molar-refractivity contribution in [1.29, 1.82) is 0 Å². The van der Waals surface area contributed by atoms with Gasteiger partial charge in [0.15, 0.2) is 5.16 Å². The lowest BCUT2D eigenvalue weighted by Crippen LogP contribution is -2.21. The second-order valence-corrected chi connectivity index (χ2v) is 8.16. The first-order valence-corrected chi connectivity index (χ1v) is 10.6. The van der Waals surface area contributed by atoms with Crippen molar-refractivity contribution in [3.8, 4) is 5.69 Å². The van der Waals surface area contributed by atoms with Gasteiger partial charge in [0, 0.05) is 21.7 Å². The van der Waals surface area contributed by atoms with Crippen LogP contribution in [-0.4, -0.2) is 14.5 Å². The van der Waals surface area contributed by atoms with Crippen molar-refractivity contribution in [2.24, 2.45) is 0 Å². The van der Waals surface area contributed by atoms with Gasteiger partial charge >= 0.3 is 0 Å². The third-order valence-corrected chi connectivity index (χ3v) is 6.13. The van der Waals surface area contributed by atoms with E-state index in [1.807, 2.05) is 24.3 Å². The van der Waals surface area contributed by atoms with Crippen LogP contribution in [0.2, 0.25) is 5.02 Å². The highest BCUT2D eigenvalue weighted by Crippen LogP contribution is 2.28. The fourth-order valence-corrected chi connectivity index (χ4v) is 4.53. The summed E-state index contributed by atoms with van der Waals surface area (Å²) >= 11 is 7.35. The maximum atomic E-state index is 14.1. The smallest absolute Gasteiger partial charge is 0.283 e. The van der Waals surface area contributed by atoms with E-state index in [0.29, 0.717) is 38.2 Å². The third kappa shape index (κ3) is 3.28. The topological polar surface area (TPSA) is 50.7 Å². The maximum absolute atomic E-state index is 14.1. The summed E-state index contributed by atoms with van der Waals surface area (Å²) in [4.78, 5) is 21.4. The molecule has 2 heterocycles. The average molecular weight is 436 g/mol. The Morgan fingerprint density at radius 3 is 2.53 bits per heavy atom. The summed E-state index contributed by atoms with van der Waals surface area (Å²) in [7, 11) is 0. The predicted molar refractivity (Wildman–Crippen MR) is 120 cm³/mol. The Kier molecular flexibility index (Phi) is 4.81. The minimum Gasteiger partial charge on any atom is -0.349 e. The first-order valence-electron chi connectivity index (χ1n) is 9.27.